The molecule has 1 aliphatic rings. The number of nitro benzene ring substituents is 1. The Morgan fingerprint density at radius 2 is 1.71 bits per heavy atom. The summed E-state index contributed by atoms with van der Waals surface area (Å²) in [5.74, 6) is 0.793. The number of nitrogens with zero attached hydrogens (tertiary/aromatic N) is 3. The quantitative estimate of drug-likeness (QED) is 0.196. The minimum atomic E-state index is -0.392. The van der Waals surface area contributed by atoms with Crippen LogP contribution in [0.2, 0.25) is 0 Å². The van der Waals surface area contributed by atoms with Gasteiger partial charge in [-0.15, -0.1) is 0 Å². The molecule has 0 amide bonds. The summed E-state index contributed by atoms with van der Waals surface area (Å²) in [5.41, 5.74) is 5.43. The van der Waals surface area contributed by atoms with Gasteiger partial charge >= 0.3 is 0 Å². The maximum atomic E-state index is 10.8. The van der Waals surface area contributed by atoms with Gasteiger partial charge in [0.1, 0.15) is 5.75 Å². The molecule has 1 heterocycles. The van der Waals surface area contributed by atoms with E-state index in [2.05, 4.69) is 55.8 Å². The smallest absolute Gasteiger partial charge is 0.269 e. The van der Waals surface area contributed by atoms with Crippen molar-refractivity contribution in [1.82, 2.24) is 0 Å². The van der Waals surface area contributed by atoms with Crippen molar-refractivity contribution in [3.05, 3.63) is 88.0 Å². The molecule has 0 radical (unpaired) electrons. The number of fused-ring (bicyclic) bond motifs is 1. The zero-order valence-electron chi connectivity index (χ0n) is 20.6. The molecule has 0 unspecified atom stereocenters. The summed E-state index contributed by atoms with van der Waals surface area (Å²) < 4.78 is 5.72. The topological polar surface area (TPSA) is 68.0 Å². The van der Waals surface area contributed by atoms with Crippen LogP contribution >= 0.6 is 11.8 Å². The fourth-order valence-electron chi connectivity index (χ4n) is 4.49. The summed E-state index contributed by atoms with van der Waals surface area (Å²) >= 11 is 1.55. The van der Waals surface area contributed by atoms with Crippen LogP contribution in [0.25, 0.3) is 5.57 Å². The molecule has 0 spiro atoms. The first kappa shape index (κ1) is 24.5. The summed E-state index contributed by atoms with van der Waals surface area (Å²) in [5, 5.41) is 10.8. The van der Waals surface area contributed by atoms with E-state index in [0.717, 1.165) is 33.3 Å². The molecule has 7 heteroatoms. The number of non-ortho nitro benzene ring substituents is 1. The van der Waals surface area contributed by atoms with E-state index >= 15 is 0 Å². The van der Waals surface area contributed by atoms with Gasteiger partial charge in [-0.3, -0.25) is 15.1 Å². The van der Waals surface area contributed by atoms with E-state index in [9.17, 15) is 10.1 Å². The Labute approximate surface area is 210 Å². The molecule has 0 N–H and O–H groups in total. The molecule has 0 fully saturated rings. The van der Waals surface area contributed by atoms with Gasteiger partial charge in [0.15, 0.2) is 0 Å². The van der Waals surface area contributed by atoms with Crippen LogP contribution in [-0.2, 0) is 0 Å². The van der Waals surface area contributed by atoms with E-state index in [1.54, 1.807) is 31.0 Å². The van der Waals surface area contributed by atoms with E-state index in [4.69, 9.17) is 4.74 Å². The molecular weight excluding hydrogens is 458 g/mol. The molecule has 3 aromatic carbocycles. The van der Waals surface area contributed by atoms with Crippen molar-refractivity contribution in [3.8, 4) is 5.75 Å². The summed E-state index contributed by atoms with van der Waals surface area (Å²) in [4.78, 5) is 19.5. The van der Waals surface area contributed by atoms with Gasteiger partial charge in [0.2, 0.25) is 0 Å². The van der Waals surface area contributed by atoms with Crippen molar-refractivity contribution < 1.29 is 9.66 Å². The van der Waals surface area contributed by atoms with Crippen LogP contribution in [0.5, 0.6) is 5.75 Å². The largest absolute Gasteiger partial charge is 0.496 e. The molecule has 0 bridgehead atoms. The standard InChI is InChI=1S/C28H29N3O3S/c1-6-30-26-16-27(34-5)20(15-25(26)19(2)17-28(30,3)4)18-29-21-7-11-23(12-8-21)35-24-13-9-22(10-14-24)31(32)33/h7-18H,6H2,1-5H3. The Hall–Kier alpha value is -3.58. The maximum absolute atomic E-state index is 10.8. The molecule has 0 aromatic heterocycles. The van der Waals surface area contributed by atoms with E-state index in [1.807, 2.05) is 30.5 Å². The fourth-order valence-corrected chi connectivity index (χ4v) is 5.31. The molecule has 0 atom stereocenters. The average Bonchev–Trinajstić information content (AvgIpc) is 2.83. The van der Waals surface area contributed by atoms with Crippen LogP contribution in [0.3, 0.4) is 0 Å². The Kier molecular flexibility index (Phi) is 6.98. The highest BCUT2D eigenvalue weighted by Crippen LogP contribution is 2.41. The Morgan fingerprint density at radius 1 is 1.09 bits per heavy atom. The summed E-state index contributed by atoms with van der Waals surface area (Å²) in [7, 11) is 1.69. The number of allylic oxidation sites excluding steroid dienone is 1. The summed E-state index contributed by atoms with van der Waals surface area (Å²) in [6.45, 7) is 9.70. The number of methoxy groups -OCH3 is 1. The predicted octanol–water partition coefficient (Wildman–Crippen LogP) is 7.53. The molecule has 3 aromatic rings. The monoisotopic (exact) mass is 487 g/mol. The zero-order chi connectivity index (χ0) is 25.2. The van der Waals surface area contributed by atoms with Crippen LogP contribution in [-0.4, -0.2) is 30.3 Å². The zero-order valence-corrected chi connectivity index (χ0v) is 21.4. The first-order chi connectivity index (χ1) is 16.7. The number of benzene rings is 3. The van der Waals surface area contributed by atoms with Gasteiger partial charge in [-0.25, -0.2) is 0 Å². The number of likely N-dealkylation sites (N-methyl/N-ethyl adjacent to an activating group) is 1. The molecule has 1 aliphatic heterocycles. The van der Waals surface area contributed by atoms with E-state index in [0.29, 0.717) is 0 Å². The lowest BCUT2D eigenvalue weighted by atomic mass is 9.88. The van der Waals surface area contributed by atoms with Gasteiger partial charge in [0, 0.05) is 57.6 Å². The average molecular weight is 488 g/mol. The predicted molar refractivity (Wildman–Crippen MR) is 145 cm³/mol. The molecule has 0 saturated carbocycles. The van der Waals surface area contributed by atoms with Crippen molar-refractivity contribution >= 4 is 40.6 Å². The summed E-state index contributed by atoms with van der Waals surface area (Å²) in [6.07, 6.45) is 4.16. The Bertz CT molecular complexity index is 1300. The van der Waals surface area contributed by atoms with Crippen molar-refractivity contribution in [1.29, 1.82) is 0 Å². The minimum absolute atomic E-state index is 0.0549. The lowest BCUT2D eigenvalue weighted by Crippen LogP contribution is -2.44. The first-order valence-electron chi connectivity index (χ1n) is 11.5. The lowest BCUT2D eigenvalue weighted by Gasteiger charge is -2.43. The third-order valence-electron chi connectivity index (χ3n) is 6.12. The Balaban J connectivity index is 1.55. The van der Waals surface area contributed by atoms with Crippen molar-refractivity contribution in [2.75, 3.05) is 18.6 Å². The number of aliphatic imine (C=N–C) groups is 1. The second-order valence-corrected chi connectivity index (χ2v) is 10.1. The van der Waals surface area contributed by atoms with E-state index in [-0.39, 0.29) is 11.2 Å². The second kappa shape index (κ2) is 9.96. The number of hydrogen-bond acceptors (Lipinski definition) is 6. The lowest BCUT2D eigenvalue weighted by molar-refractivity contribution is -0.384. The van der Waals surface area contributed by atoms with Crippen molar-refractivity contribution in [2.24, 2.45) is 4.99 Å². The third kappa shape index (κ3) is 5.25. The second-order valence-electron chi connectivity index (χ2n) is 8.94. The van der Waals surface area contributed by atoms with Gasteiger partial charge in [-0.1, -0.05) is 17.8 Å². The van der Waals surface area contributed by atoms with Gasteiger partial charge in [-0.05, 0) is 75.7 Å². The molecule has 6 nitrogen and oxygen atoms in total. The van der Waals surface area contributed by atoms with Gasteiger partial charge in [-0.2, -0.15) is 0 Å². The number of ether oxygens (including phenoxy) is 1. The van der Waals surface area contributed by atoms with Crippen LogP contribution in [0.1, 0.15) is 38.8 Å². The van der Waals surface area contributed by atoms with Crippen LogP contribution in [0.15, 0.2) is 81.5 Å². The molecule has 0 aliphatic carbocycles. The number of anilines is 1. The highest BCUT2D eigenvalue weighted by molar-refractivity contribution is 7.99. The van der Waals surface area contributed by atoms with Crippen molar-refractivity contribution in [2.45, 2.75) is 43.0 Å². The molecule has 0 saturated heterocycles. The van der Waals surface area contributed by atoms with Crippen LogP contribution < -0.4 is 9.64 Å². The normalized spacial score (nSPS) is 14.5. The number of nitro groups is 1. The van der Waals surface area contributed by atoms with Crippen molar-refractivity contribution in [3.63, 3.8) is 0 Å². The molecule has 180 valence electrons. The van der Waals surface area contributed by atoms with E-state index in [1.165, 1.54) is 29.0 Å². The van der Waals surface area contributed by atoms with Gasteiger partial charge in [0.05, 0.1) is 23.3 Å². The third-order valence-corrected chi connectivity index (χ3v) is 7.13. The minimum Gasteiger partial charge on any atom is -0.496 e. The number of hydrogen-bond donors (Lipinski definition) is 0. The molecule has 4 rings (SSSR count). The van der Waals surface area contributed by atoms with Crippen LogP contribution in [0, 0.1) is 10.1 Å². The van der Waals surface area contributed by atoms with Crippen LogP contribution in [0.4, 0.5) is 17.1 Å². The van der Waals surface area contributed by atoms with Gasteiger partial charge in [0.25, 0.3) is 5.69 Å². The maximum Gasteiger partial charge on any atom is 0.269 e. The molecular formula is C28H29N3O3S. The van der Waals surface area contributed by atoms with Gasteiger partial charge < -0.3 is 9.64 Å². The summed E-state index contributed by atoms with van der Waals surface area (Å²) in [6, 6.07) is 18.7. The Morgan fingerprint density at radius 3 is 2.29 bits per heavy atom. The SMILES string of the molecule is CCN1c2cc(OC)c(C=Nc3ccc(Sc4ccc([N+](=O)[O-])cc4)cc3)cc2C(C)=CC1(C)C. The highest BCUT2D eigenvalue weighted by Gasteiger charge is 2.31. The molecule has 35 heavy (non-hydrogen) atoms. The highest BCUT2D eigenvalue weighted by atomic mass is 32.2. The first-order valence-corrected chi connectivity index (χ1v) is 12.3. The number of rotatable bonds is 7. The fraction of sp³-hybridized carbons (Fsp3) is 0.250. The van der Waals surface area contributed by atoms with E-state index < -0.39 is 4.92 Å².